The molecule has 2 atom stereocenters. The highest BCUT2D eigenvalue weighted by Crippen LogP contribution is 2.19. The van der Waals surface area contributed by atoms with Crippen LogP contribution in [0.4, 0.5) is 4.39 Å². The first-order chi connectivity index (χ1) is 13.8. The maximum atomic E-state index is 13.1. The summed E-state index contributed by atoms with van der Waals surface area (Å²) in [5, 5.41) is 0. The lowest BCUT2D eigenvalue weighted by Gasteiger charge is -2.44. The maximum Gasteiger partial charge on any atom is 0.260 e. The van der Waals surface area contributed by atoms with Crippen molar-refractivity contribution in [1.82, 2.24) is 9.80 Å². The van der Waals surface area contributed by atoms with Gasteiger partial charge in [-0.3, -0.25) is 14.5 Å². The van der Waals surface area contributed by atoms with Gasteiger partial charge < -0.3 is 9.64 Å². The molecule has 1 aliphatic heterocycles. The fourth-order valence-corrected chi connectivity index (χ4v) is 3.62. The molecule has 29 heavy (non-hydrogen) atoms. The molecule has 1 amide bonds. The van der Waals surface area contributed by atoms with E-state index in [4.69, 9.17) is 4.74 Å². The fraction of sp³-hybridized carbons (Fsp3) is 0.391. The molecule has 0 radical (unpaired) electrons. The SMILES string of the molecule is CC(=O)c1cccc(OCC(=O)N2C[C@H](C)N(Cc3ccc(F)cc3)C[C@H]2C)c1. The number of Topliss-reactive ketones (excluding diaryl/α,β-unsaturated/α-hetero) is 1. The van der Waals surface area contributed by atoms with Gasteiger partial charge in [0, 0.05) is 37.3 Å². The van der Waals surface area contributed by atoms with Crippen LogP contribution in [0.3, 0.4) is 0 Å². The summed E-state index contributed by atoms with van der Waals surface area (Å²) in [5.41, 5.74) is 1.62. The van der Waals surface area contributed by atoms with Crippen LogP contribution >= 0.6 is 0 Å². The highest BCUT2D eigenvalue weighted by atomic mass is 19.1. The standard InChI is InChI=1S/C23H27FN2O3/c1-16-13-26(17(2)12-25(16)14-19-7-9-21(24)10-8-19)23(28)15-29-22-6-4-5-20(11-22)18(3)27/h4-11,16-17H,12-15H2,1-3H3/t16-,17+/m0/s1. The number of amides is 1. The van der Waals surface area contributed by atoms with Gasteiger partial charge >= 0.3 is 0 Å². The molecule has 154 valence electrons. The minimum atomic E-state index is -0.237. The Morgan fingerprint density at radius 3 is 2.48 bits per heavy atom. The van der Waals surface area contributed by atoms with Gasteiger partial charge in [0.25, 0.3) is 5.91 Å². The van der Waals surface area contributed by atoms with E-state index in [1.165, 1.54) is 19.1 Å². The van der Waals surface area contributed by atoms with Gasteiger partial charge in [-0.05, 0) is 50.6 Å². The van der Waals surface area contributed by atoms with Crippen LogP contribution in [0.15, 0.2) is 48.5 Å². The van der Waals surface area contributed by atoms with Crippen LogP contribution in [0.25, 0.3) is 0 Å². The molecular weight excluding hydrogens is 371 g/mol. The minimum Gasteiger partial charge on any atom is -0.484 e. The number of ether oxygens (including phenoxy) is 1. The van der Waals surface area contributed by atoms with Gasteiger partial charge in [-0.15, -0.1) is 0 Å². The Labute approximate surface area is 171 Å². The van der Waals surface area contributed by atoms with Crippen molar-refractivity contribution in [3.63, 3.8) is 0 Å². The first-order valence-corrected chi connectivity index (χ1v) is 9.85. The Balaban J connectivity index is 1.56. The van der Waals surface area contributed by atoms with Crippen LogP contribution < -0.4 is 4.74 Å². The van der Waals surface area contributed by atoms with Gasteiger partial charge in [-0.2, -0.15) is 0 Å². The maximum absolute atomic E-state index is 13.1. The number of carbonyl (C=O) groups excluding carboxylic acids is 2. The third kappa shape index (κ3) is 5.41. The van der Waals surface area contributed by atoms with Gasteiger partial charge in [0.15, 0.2) is 12.4 Å². The monoisotopic (exact) mass is 398 g/mol. The molecule has 1 heterocycles. The van der Waals surface area contributed by atoms with E-state index in [0.29, 0.717) is 17.9 Å². The Kier molecular flexibility index (Phi) is 6.64. The highest BCUT2D eigenvalue weighted by molar-refractivity contribution is 5.94. The molecular formula is C23H27FN2O3. The van der Waals surface area contributed by atoms with Crippen LogP contribution in [0.5, 0.6) is 5.75 Å². The number of hydrogen-bond donors (Lipinski definition) is 0. The number of piperazine rings is 1. The summed E-state index contributed by atoms with van der Waals surface area (Å²) >= 11 is 0. The molecule has 0 aromatic heterocycles. The van der Waals surface area contributed by atoms with Crippen molar-refractivity contribution < 1.29 is 18.7 Å². The van der Waals surface area contributed by atoms with Crippen molar-refractivity contribution in [3.05, 3.63) is 65.5 Å². The number of ketones is 1. The normalized spacial score (nSPS) is 19.8. The predicted octanol–water partition coefficient (Wildman–Crippen LogP) is 3.53. The summed E-state index contributed by atoms with van der Waals surface area (Å²) < 4.78 is 18.8. The Hall–Kier alpha value is -2.73. The van der Waals surface area contributed by atoms with Gasteiger partial charge in [0.1, 0.15) is 11.6 Å². The Bertz CT molecular complexity index is 869. The molecule has 6 heteroatoms. The van der Waals surface area contributed by atoms with Crippen LogP contribution in [0.2, 0.25) is 0 Å². The summed E-state index contributed by atoms with van der Waals surface area (Å²) in [5.74, 6) is 0.168. The van der Waals surface area contributed by atoms with E-state index in [2.05, 4.69) is 11.8 Å². The van der Waals surface area contributed by atoms with E-state index in [9.17, 15) is 14.0 Å². The van der Waals surface area contributed by atoms with Gasteiger partial charge in [0.05, 0.1) is 0 Å². The summed E-state index contributed by atoms with van der Waals surface area (Å²) in [6, 6.07) is 13.6. The number of rotatable bonds is 6. The zero-order valence-corrected chi connectivity index (χ0v) is 17.1. The van der Waals surface area contributed by atoms with E-state index in [0.717, 1.165) is 18.7 Å². The van der Waals surface area contributed by atoms with Crippen molar-refractivity contribution in [2.75, 3.05) is 19.7 Å². The fourth-order valence-electron chi connectivity index (χ4n) is 3.62. The lowest BCUT2D eigenvalue weighted by molar-refractivity contribution is -0.139. The lowest BCUT2D eigenvalue weighted by atomic mass is 10.1. The molecule has 1 aliphatic rings. The average molecular weight is 398 g/mol. The molecule has 0 spiro atoms. The summed E-state index contributed by atoms with van der Waals surface area (Å²) in [7, 11) is 0. The molecule has 0 unspecified atom stereocenters. The third-order valence-corrected chi connectivity index (χ3v) is 5.34. The number of halogens is 1. The molecule has 5 nitrogen and oxygen atoms in total. The molecule has 2 aromatic carbocycles. The predicted molar refractivity (Wildman–Crippen MR) is 109 cm³/mol. The molecule has 0 N–H and O–H groups in total. The molecule has 3 rings (SSSR count). The van der Waals surface area contributed by atoms with E-state index in [1.807, 2.05) is 11.8 Å². The van der Waals surface area contributed by atoms with Gasteiger partial charge in [-0.1, -0.05) is 24.3 Å². The van der Waals surface area contributed by atoms with Crippen molar-refractivity contribution >= 4 is 11.7 Å². The first-order valence-electron chi connectivity index (χ1n) is 9.85. The van der Waals surface area contributed by atoms with Gasteiger partial charge in [0.2, 0.25) is 0 Å². The Morgan fingerprint density at radius 2 is 1.79 bits per heavy atom. The highest BCUT2D eigenvalue weighted by Gasteiger charge is 2.32. The number of hydrogen-bond acceptors (Lipinski definition) is 4. The van der Waals surface area contributed by atoms with E-state index in [1.54, 1.807) is 36.4 Å². The second kappa shape index (κ2) is 9.18. The molecule has 0 bridgehead atoms. The molecule has 1 fully saturated rings. The topological polar surface area (TPSA) is 49.9 Å². The second-order valence-electron chi connectivity index (χ2n) is 7.67. The molecule has 0 saturated carbocycles. The number of carbonyl (C=O) groups is 2. The van der Waals surface area contributed by atoms with Crippen molar-refractivity contribution in [2.24, 2.45) is 0 Å². The van der Waals surface area contributed by atoms with Crippen molar-refractivity contribution in [2.45, 2.75) is 39.4 Å². The number of benzene rings is 2. The molecule has 2 aromatic rings. The van der Waals surface area contributed by atoms with Crippen LogP contribution in [-0.4, -0.2) is 53.3 Å². The summed E-state index contributed by atoms with van der Waals surface area (Å²) in [6.45, 7) is 7.63. The minimum absolute atomic E-state index is 0.0403. The Morgan fingerprint density at radius 1 is 1.07 bits per heavy atom. The zero-order chi connectivity index (χ0) is 21.0. The van der Waals surface area contributed by atoms with Crippen LogP contribution in [0, 0.1) is 5.82 Å². The smallest absolute Gasteiger partial charge is 0.260 e. The first kappa shape index (κ1) is 21.0. The quantitative estimate of drug-likeness (QED) is 0.699. The van der Waals surface area contributed by atoms with Gasteiger partial charge in [-0.25, -0.2) is 4.39 Å². The summed E-state index contributed by atoms with van der Waals surface area (Å²) in [4.78, 5) is 28.4. The van der Waals surface area contributed by atoms with Crippen molar-refractivity contribution in [1.29, 1.82) is 0 Å². The molecule has 1 saturated heterocycles. The zero-order valence-electron chi connectivity index (χ0n) is 17.1. The largest absolute Gasteiger partial charge is 0.484 e. The van der Waals surface area contributed by atoms with E-state index < -0.39 is 0 Å². The third-order valence-electron chi connectivity index (χ3n) is 5.34. The van der Waals surface area contributed by atoms with Crippen LogP contribution in [-0.2, 0) is 11.3 Å². The van der Waals surface area contributed by atoms with E-state index >= 15 is 0 Å². The van der Waals surface area contributed by atoms with E-state index in [-0.39, 0.29) is 36.2 Å². The second-order valence-corrected chi connectivity index (χ2v) is 7.67. The van der Waals surface area contributed by atoms with Crippen molar-refractivity contribution in [3.8, 4) is 5.75 Å². The van der Waals surface area contributed by atoms with Crippen LogP contribution in [0.1, 0.15) is 36.7 Å². The lowest BCUT2D eigenvalue weighted by Crippen LogP contribution is -2.58. The molecule has 0 aliphatic carbocycles. The summed E-state index contributed by atoms with van der Waals surface area (Å²) in [6.07, 6.45) is 0. The number of nitrogens with zero attached hydrogens (tertiary/aromatic N) is 2. The average Bonchev–Trinajstić information content (AvgIpc) is 2.70.